The van der Waals surface area contributed by atoms with Gasteiger partial charge in [0.1, 0.15) is 0 Å². The second-order valence-electron chi connectivity index (χ2n) is 4.15. The van der Waals surface area contributed by atoms with Crippen LogP contribution in [0.1, 0.15) is 16.1 Å². The van der Waals surface area contributed by atoms with Gasteiger partial charge >= 0.3 is 0 Å². The number of benzene rings is 1. The van der Waals surface area contributed by atoms with E-state index in [0.717, 1.165) is 10.9 Å². The highest BCUT2D eigenvalue weighted by Gasteiger charge is 2.16. The number of aromatic amines is 1. The van der Waals surface area contributed by atoms with Crippen molar-refractivity contribution < 1.29 is 4.79 Å². The number of nitrogens with one attached hydrogen (secondary N) is 1. The summed E-state index contributed by atoms with van der Waals surface area (Å²) in [6.45, 7) is 1.77. The van der Waals surface area contributed by atoms with E-state index in [2.05, 4.69) is 10.1 Å². The number of H-pyrrole nitrogens is 1. The largest absolute Gasteiger partial charge is 0.396 e. The van der Waals surface area contributed by atoms with Gasteiger partial charge in [-0.05, 0) is 19.1 Å². The fourth-order valence-corrected chi connectivity index (χ4v) is 2.00. The van der Waals surface area contributed by atoms with Gasteiger partial charge in [0.25, 0.3) is 5.91 Å². The molecule has 0 aliphatic heterocycles. The third-order valence-corrected chi connectivity index (χ3v) is 3.06. The molecule has 2 aromatic heterocycles. The van der Waals surface area contributed by atoms with Crippen molar-refractivity contribution in [2.45, 2.75) is 6.92 Å². The Balaban J connectivity index is 2.18. The van der Waals surface area contributed by atoms with E-state index < -0.39 is 0 Å². The number of carbonyl (C=O) groups is 1. The predicted molar refractivity (Wildman–Crippen MR) is 69.4 cm³/mol. The number of fused-ring (bicyclic) bond motifs is 1. The molecule has 0 spiro atoms. The number of hydrogen-bond acceptors (Lipinski definition) is 3. The Labute approximate surface area is 103 Å². The Morgan fingerprint density at radius 1 is 1.39 bits per heavy atom. The molecule has 0 saturated carbocycles. The molecule has 3 rings (SSSR count). The zero-order chi connectivity index (χ0) is 12.7. The van der Waals surface area contributed by atoms with Crippen LogP contribution in [0, 0.1) is 6.92 Å². The smallest absolute Gasteiger partial charge is 0.280 e. The Bertz CT molecular complexity index is 738. The van der Waals surface area contributed by atoms with Crippen LogP contribution < -0.4 is 5.73 Å². The maximum Gasteiger partial charge on any atom is 0.280 e. The van der Waals surface area contributed by atoms with Gasteiger partial charge in [0.05, 0.1) is 28.7 Å². The summed E-state index contributed by atoms with van der Waals surface area (Å²) in [4.78, 5) is 15.5. The molecule has 0 fully saturated rings. The Kier molecular flexibility index (Phi) is 2.19. The average Bonchev–Trinajstić information content (AvgIpc) is 2.96. The zero-order valence-electron chi connectivity index (χ0n) is 9.84. The van der Waals surface area contributed by atoms with Crippen LogP contribution in [0.3, 0.4) is 0 Å². The summed E-state index contributed by atoms with van der Waals surface area (Å²) in [5, 5.41) is 5.01. The van der Waals surface area contributed by atoms with E-state index in [9.17, 15) is 4.79 Å². The first-order chi connectivity index (χ1) is 8.68. The lowest BCUT2D eigenvalue weighted by molar-refractivity contribution is 0.0944. The molecule has 18 heavy (non-hydrogen) atoms. The molecule has 5 heteroatoms. The minimum Gasteiger partial charge on any atom is -0.396 e. The number of nitrogens with two attached hydrogens (primary N) is 1. The van der Waals surface area contributed by atoms with E-state index in [-0.39, 0.29) is 5.91 Å². The molecule has 0 amide bonds. The Morgan fingerprint density at radius 2 is 2.22 bits per heavy atom. The molecule has 0 unspecified atom stereocenters. The van der Waals surface area contributed by atoms with E-state index in [4.69, 9.17) is 5.73 Å². The number of aromatic nitrogens is 3. The molecule has 0 radical (unpaired) electrons. The van der Waals surface area contributed by atoms with E-state index in [1.807, 2.05) is 24.4 Å². The molecular formula is C13H12N4O. The summed E-state index contributed by atoms with van der Waals surface area (Å²) >= 11 is 0. The summed E-state index contributed by atoms with van der Waals surface area (Å²) in [6.07, 6.45) is 3.30. The molecule has 3 N–H and O–H groups in total. The lowest BCUT2D eigenvalue weighted by Gasteiger charge is -2.04. The molecule has 5 nitrogen and oxygen atoms in total. The van der Waals surface area contributed by atoms with Crippen LogP contribution in [0.25, 0.3) is 10.9 Å². The minimum absolute atomic E-state index is 0.183. The lowest BCUT2D eigenvalue weighted by Crippen LogP contribution is -2.15. The van der Waals surface area contributed by atoms with Crippen LogP contribution in [0.2, 0.25) is 0 Å². The van der Waals surface area contributed by atoms with Crippen molar-refractivity contribution >= 4 is 22.5 Å². The first-order valence-electron chi connectivity index (χ1n) is 5.59. The second-order valence-corrected chi connectivity index (χ2v) is 4.15. The van der Waals surface area contributed by atoms with E-state index >= 15 is 0 Å². The Morgan fingerprint density at radius 3 is 2.94 bits per heavy atom. The van der Waals surface area contributed by atoms with Gasteiger partial charge in [0, 0.05) is 11.6 Å². The number of carbonyl (C=O) groups excluding carboxylic acids is 1. The van der Waals surface area contributed by atoms with Crippen LogP contribution in [-0.4, -0.2) is 20.7 Å². The molecule has 0 bridgehead atoms. The summed E-state index contributed by atoms with van der Waals surface area (Å²) in [7, 11) is 0. The van der Waals surface area contributed by atoms with E-state index in [0.29, 0.717) is 16.9 Å². The molecule has 0 saturated heterocycles. The van der Waals surface area contributed by atoms with Gasteiger partial charge in [-0.15, -0.1) is 0 Å². The summed E-state index contributed by atoms with van der Waals surface area (Å²) < 4.78 is 1.32. The number of rotatable bonds is 1. The van der Waals surface area contributed by atoms with E-state index in [1.165, 1.54) is 10.9 Å². The molecule has 2 heterocycles. The topological polar surface area (TPSA) is 76.7 Å². The van der Waals surface area contributed by atoms with Gasteiger partial charge < -0.3 is 10.7 Å². The van der Waals surface area contributed by atoms with Crippen LogP contribution in [0.15, 0.2) is 36.7 Å². The normalized spacial score (nSPS) is 10.9. The first kappa shape index (κ1) is 10.6. The number of hydrogen-bond donors (Lipinski definition) is 2. The van der Waals surface area contributed by atoms with Crippen molar-refractivity contribution in [1.29, 1.82) is 0 Å². The quantitative estimate of drug-likeness (QED) is 0.682. The van der Waals surface area contributed by atoms with Gasteiger partial charge in [-0.3, -0.25) is 4.79 Å². The average molecular weight is 240 g/mol. The van der Waals surface area contributed by atoms with Gasteiger partial charge in [-0.1, -0.05) is 12.1 Å². The zero-order valence-corrected chi connectivity index (χ0v) is 9.84. The van der Waals surface area contributed by atoms with Crippen molar-refractivity contribution in [3.8, 4) is 0 Å². The molecule has 90 valence electrons. The monoisotopic (exact) mass is 240 g/mol. The van der Waals surface area contributed by atoms with Crippen molar-refractivity contribution in [2.24, 2.45) is 0 Å². The minimum atomic E-state index is -0.183. The third-order valence-electron chi connectivity index (χ3n) is 3.06. The maximum absolute atomic E-state index is 12.4. The standard InChI is InChI=1S/C13H12N4O/c1-8-11(14)7-16-17(8)13(18)10-4-2-3-9-5-6-15-12(9)10/h2-7,15H,14H2,1H3. The number of anilines is 1. The van der Waals surface area contributed by atoms with Gasteiger partial charge in [0.2, 0.25) is 0 Å². The van der Waals surface area contributed by atoms with Crippen LogP contribution in [0.5, 0.6) is 0 Å². The molecule has 0 aliphatic rings. The van der Waals surface area contributed by atoms with Crippen LogP contribution in [-0.2, 0) is 0 Å². The van der Waals surface area contributed by atoms with Gasteiger partial charge in [-0.25, -0.2) is 0 Å². The van der Waals surface area contributed by atoms with Crippen molar-refractivity contribution in [3.63, 3.8) is 0 Å². The van der Waals surface area contributed by atoms with Gasteiger partial charge in [0.15, 0.2) is 0 Å². The Hall–Kier alpha value is -2.56. The SMILES string of the molecule is Cc1c(N)cnn1C(=O)c1cccc2cc[nH]c12. The van der Waals surface area contributed by atoms with E-state index in [1.54, 1.807) is 13.0 Å². The lowest BCUT2D eigenvalue weighted by atomic mass is 10.1. The van der Waals surface area contributed by atoms with Crippen molar-refractivity contribution in [1.82, 2.24) is 14.8 Å². The summed E-state index contributed by atoms with van der Waals surface area (Å²) in [6, 6.07) is 7.51. The van der Waals surface area contributed by atoms with Gasteiger partial charge in [-0.2, -0.15) is 9.78 Å². The molecule has 0 atom stereocenters. The van der Waals surface area contributed by atoms with Crippen LogP contribution in [0.4, 0.5) is 5.69 Å². The third kappa shape index (κ3) is 1.41. The number of nitrogen functional groups attached to an aromatic ring is 1. The summed E-state index contributed by atoms with van der Waals surface area (Å²) in [5.41, 5.74) is 8.28. The molecule has 0 aliphatic carbocycles. The van der Waals surface area contributed by atoms with Crippen molar-refractivity contribution in [3.05, 3.63) is 47.9 Å². The molecular weight excluding hydrogens is 228 g/mol. The molecule has 3 aromatic rings. The molecule has 1 aromatic carbocycles. The highest BCUT2D eigenvalue weighted by atomic mass is 16.2. The highest BCUT2D eigenvalue weighted by molar-refractivity contribution is 6.06. The highest BCUT2D eigenvalue weighted by Crippen LogP contribution is 2.19. The summed E-state index contributed by atoms with van der Waals surface area (Å²) in [5.74, 6) is -0.183. The van der Waals surface area contributed by atoms with Crippen LogP contribution >= 0.6 is 0 Å². The predicted octanol–water partition coefficient (Wildman–Crippen LogP) is 1.94. The fraction of sp³-hybridized carbons (Fsp3) is 0.0769. The number of nitrogens with zero attached hydrogens (tertiary/aromatic N) is 2. The second kappa shape index (κ2) is 3.73. The fourth-order valence-electron chi connectivity index (χ4n) is 2.00. The van der Waals surface area contributed by atoms with Crippen molar-refractivity contribution in [2.75, 3.05) is 5.73 Å². The first-order valence-corrected chi connectivity index (χ1v) is 5.59. The maximum atomic E-state index is 12.4. The number of para-hydroxylation sites is 1.